The zero-order chi connectivity index (χ0) is 14.3. The first-order chi connectivity index (χ1) is 9.08. The molecule has 0 radical (unpaired) electrons. The van der Waals surface area contributed by atoms with Gasteiger partial charge in [-0.1, -0.05) is 32.9 Å². The average molecular weight is 264 g/mol. The fourth-order valence-electron chi connectivity index (χ4n) is 2.35. The fraction of sp³-hybridized carbons (Fsp3) is 0.600. The van der Waals surface area contributed by atoms with Gasteiger partial charge in [-0.2, -0.15) is 0 Å². The van der Waals surface area contributed by atoms with E-state index in [4.69, 9.17) is 0 Å². The molecule has 4 nitrogen and oxygen atoms in total. The molecule has 0 bridgehead atoms. The van der Waals surface area contributed by atoms with Crippen molar-refractivity contribution in [1.82, 2.24) is 5.32 Å². The van der Waals surface area contributed by atoms with Gasteiger partial charge in [0.05, 0.1) is 4.92 Å². The largest absolute Gasteiger partial charge is 0.314 e. The van der Waals surface area contributed by atoms with Crippen molar-refractivity contribution in [2.75, 3.05) is 6.54 Å². The summed E-state index contributed by atoms with van der Waals surface area (Å²) >= 11 is 0. The molecule has 1 aromatic carbocycles. The number of nitro groups is 1. The standard InChI is InChI=1S/C15H24N2O2/c1-4-10-16-15(5-2)12(3)11-13-6-8-14(9-7-13)17(18)19/h6-9,12,15-16H,4-5,10-11H2,1-3H3. The first-order valence-corrected chi connectivity index (χ1v) is 7.05. The number of benzene rings is 1. The number of nitrogens with zero attached hydrogens (tertiary/aromatic N) is 1. The fourth-order valence-corrected chi connectivity index (χ4v) is 2.35. The van der Waals surface area contributed by atoms with Gasteiger partial charge in [0.2, 0.25) is 0 Å². The van der Waals surface area contributed by atoms with Crippen LogP contribution in [0.15, 0.2) is 24.3 Å². The molecule has 1 aromatic rings. The van der Waals surface area contributed by atoms with Crippen molar-refractivity contribution in [3.63, 3.8) is 0 Å². The SMILES string of the molecule is CCCNC(CC)C(C)Cc1ccc([N+](=O)[O-])cc1. The summed E-state index contributed by atoms with van der Waals surface area (Å²) in [7, 11) is 0. The summed E-state index contributed by atoms with van der Waals surface area (Å²) in [6, 6.07) is 7.41. The van der Waals surface area contributed by atoms with Crippen LogP contribution in [-0.4, -0.2) is 17.5 Å². The molecule has 0 spiro atoms. The molecule has 106 valence electrons. The van der Waals surface area contributed by atoms with E-state index in [-0.39, 0.29) is 10.6 Å². The third-order valence-corrected chi connectivity index (χ3v) is 3.49. The van der Waals surface area contributed by atoms with Gasteiger partial charge in [-0.05, 0) is 37.3 Å². The second-order valence-corrected chi connectivity index (χ2v) is 5.07. The first kappa shape index (κ1) is 15.6. The van der Waals surface area contributed by atoms with Gasteiger partial charge >= 0.3 is 0 Å². The molecule has 0 aromatic heterocycles. The molecule has 0 heterocycles. The molecule has 0 aliphatic heterocycles. The topological polar surface area (TPSA) is 55.2 Å². The highest BCUT2D eigenvalue weighted by Crippen LogP contribution is 2.17. The van der Waals surface area contributed by atoms with Crippen molar-refractivity contribution in [3.8, 4) is 0 Å². The number of non-ortho nitro benzene ring substituents is 1. The Kier molecular flexibility index (Phi) is 6.50. The third kappa shape index (κ3) is 4.99. The maximum absolute atomic E-state index is 10.6. The van der Waals surface area contributed by atoms with E-state index in [1.165, 1.54) is 0 Å². The predicted octanol–water partition coefficient (Wildman–Crippen LogP) is 3.55. The van der Waals surface area contributed by atoms with Gasteiger partial charge in [0.15, 0.2) is 0 Å². The van der Waals surface area contributed by atoms with E-state index in [2.05, 4.69) is 26.1 Å². The van der Waals surface area contributed by atoms with Crippen LogP contribution >= 0.6 is 0 Å². The van der Waals surface area contributed by atoms with Gasteiger partial charge < -0.3 is 5.32 Å². The third-order valence-electron chi connectivity index (χ3n) is 3.49. The molecule has 2 unspecified atom stereocenters. The minimum atomic E-state index is -0.356. The molecule has 0 saturated carbocycles. The molecule has 4 heteroatoms. The average Bonchev–Trinajstić information content (AvgIpc) is 2.40. The Morgan fingerprint density at radius 2 is 1.89 bits per heavy atom. The summed E-state index contributed by atoms with van der Waals surface area (Å²) in [6.07, 6.45) is 3.20. The number of hydrogen-bond donors (Lipinski definition) is 1. The van der Waals surface area contributed by atoms with E-state index in [1.807, 2.05) is 12.1 Å². The lowest BCUT2D eigenvalue weighted by Gasteiger charge is -2.24. The van der Waals surface area contributed by atoms with Crippen molar-refractivity contribution in [2.24, 2.45) is 5.92 Å². The van der Waals surface area contributed by atoms with Crippen molar-refractivity contribution in [1.29, 1.82) is 0 Å². The molecule has 0 aliphatic carbocycles. The summed E-state index contributed by atoms with van der Waals surface area (Å²) in [5.41, 5.74) is 1.32. The van der Waals surface area contributed by atoms with E-state index >= 15 is 0 Å². The monoisotopic (exact) mass is 264 g/mol. The Hall–Kier alpha value is -1.42. The normalized spacial score (nSPS) is 14.1. The molecule has 19 heavy (non-hydrogen) atoms. The van der Waals surface area contributed by atoms with Gasteiger partial charge in [0, 0.05) is 18.2 Å². The molecule has 1 rings (SSSR count). The minimum Gasteiger partial charge on any atom is -0.314 e. The predicted molar refractivity (Wildman–Crippen MR) is 78.3 cm³/mol. The molecule has 2 atom stereocenters. The second-order valence-electron chi connectivity index (χ2n) is 5.07. The van der Waals surface area contributed by atoms with E-state index in [0.717, 1.165) is 31.4 Å². The molecule has 0 amide bonds. The molecule has 0 fully saturated rings. The molecular formula is C15H24N2O2. The van der Waals surface area contributed by atoms with Crippen LogP contribution in [0.2, 0.25) is 0 Å². The lowest BCUT2D eigenvalue weighted by atomic mass is 9.92. The lowest BCUT2D eigenvalue weighted by Crippen LogP contribution is -2.35. The zero-order valence-electron chi connectivity index (χ0n) is 12.1. The quantitative estimate of drug-likeness (QED) is 0.577. The Bertz CT molecular complexity index is 390. The maximum Gasteiger partial charge on any atom is 0.269 e. The summed E-state index contributed by atoms with van der Waals surface area (Å²) in [6.45, 7) is 7.64. The van der Waals surface area contributed by atoms with E-state index in [9.17, 15) is 10.1 Å². The molecular weight excluding hydrogens is 240 g/mol. The Morgan fingerprint density at radius 1 is 1.26 bits per heavy atom. The Labute approximate surface area is 115 Å². The summed E-state index contributed by atoms with van der Waals surface area (Å²) in [5.74, 6) is 0.526. The van der Waals surface area contributed by atoms with Crippen LogP contribution in [0.5, 0.6) is 0 Å². The highest BCUT2D eigenvalue weighted by atomic mass is 16.6. The maximum atomic E-state index is 10.6. The van der Waals surface area contributed by atoms with Crippen LogP contribution in [-0.2, 0) is 6.42 Å². The van der Waals surface area contributed by atoms with Crippen LogP contribution in [0.25, 0.3) is 0 Å². The van der Waals surface area contributed by atoms with E-state index in [0.29, 0.717) is 12.0 Å². The molecule has 1 N–H and O–H groups in total. The first-order valence-electron chi connectivity index (χ1n) is 7.05. The highest BCUT2D eigenvalue weighted by Gasteiger charge is 2.15. The molecule has 0 aliphatic rings. The van der Waals surface area contributed by atoms with Gasteiger partial charge in [-0.3, -0.25) is 10.1 Å². The van der Waals surface area contributed by atoms with Crippen LogP contribution in [0.3, 0.4) is 0 Å². The zero-order valence-corrected chi connectivity index (χ0v) is 12.1. The Balaban J connectivity index is 2.59. The summed E-state index contributed by atoms with van der Waals surface area (Å²) < 4.78 is 0. The van der Waals surface area contributed by atoms with E-state index < -0.39 is 0 Å². The van der Waals surface area contributed by atoms with Crippen molar-refractivity contribution in [3.05, 3.63) is 39.9 Å². The van der Waals surface area contributed by atoms with Crippen LogP contribution in [0, 0.1) is 16.0 Å². The van der Waals surface area contributed by atoms with Crippen LogP contribution < -0.4 is 5.32 Å². The van der Waals surface area contributed by atoms with Crippen LogP contribution in [0.4, 0.5) is 5.69 Å². The van der Waals surface area contributed by atoms with Crippen LogP contribution in [0.1, 0.15) is 39.2 Å². The van der Waals surface area contributed by atoms with Crippen molar-refractivity contribution < 1.29 is 4.92 Å². The minimum absolute atomic E-state index is 0.160. The number of nitro benzene ring substituents is 1. The lowest BCUT2D eigenvalue weighted by molar-refractivity contribution is -0.384. The number of nitrogens with one attached hydrogen (secondary N) is 1. The van der Waals surface area contributed by atoms with Crippen molar-refractivity contribution >= 4 is 5.69 Å². The van der Waals surface area contributed by atoms with E-state index in [1.54, 1.807) is 12.1 Å². The smallest absolute Gasteiger partial charge is 0.269 e. The Morgan fingerprint density at radius 3 is 2.37 bits per heavy atom. The number of hydrogen-bond acceptors (Lipinski definition) is 3. The van der Waals surface area contributed by atoms with Crippen molar-refractivity contribution in [2.45, 2.75) is 46.1 Å². The number of rotatable bonds is 8. The summed E-state index contributed by atoms with van der Waals surface area (Å²) in [5, 5.41) is 14.2. The second kappa shape index (κ2) is 7.89. The van der Waals surface area contributed by atoms with Gasteiger partial charge in [-0.25, -0.2) is 0 Å². The van der Waals surface area contributed by atoms with Gasteiger partial charge in [0.1, 0.15) is 0 Å². The van der Waals surface area contributed by atoms with Gasteiger partial charge in [0.25, 0.3) is 5.69 Å². The van der Waals surface area contributed by atoms with Gasteiger partial charge in [-0.15, -0.1) is 0 Å². The summed E-state index contributed by atoms with van der Waals surface area (Å²) in [4.78, 5) is 10.2. The highest BCUT2D eigenvalue weighted by molar-refractivity contribution is 5.33. The molecule has 0 saturated heterocycles.